The quantitative estimate of drug-likeness (QED) is 0.520. The third kappa shape index (κ3) is 3.41. The van der Waals surface area contributed by atoms with E-state index in [9.17, 15) is 14.4 Å². The molecule has 1 spiro atoms. The van der Waals surface area contributed by atoms with Gasteiger partial charge >= 0.3 is 6.03 Å². The van der Waals surface area contributed by atoms with Crippen LogP contribution in [0.3, 0.4) is 0 Å². The highest BCUT2D eigenvalue weighted by Gasteiger charge is 2.63. The van der Waals surface area contributed by atoms with E-state index in [2.05, 4.69) is 15.8 Å². The van der Waals surface area contributed by atoms with Crippen molar-refractivity contribution < 1.29 is 28.0 Å². The third-order valence-corrected chi connectivity index (χ3v) is 7.57. The van der Waals surface area contributed by atoms with Gasteiger partial charge in [0, 0.05) is 26.6 Å². The summed E-state index contributed by atoms with van der Waals surface area (Å²) in [6, 6.07) is 9.79. The molecule has 6 rings (SSSR count). The number of rotatable bonds is 3. The predicted molar refractivity (Wildman–Crippen MR) is 131 cm³/mol. The predicted octanol–water partition coefficient (Wildman–Crippen LogP) is 2.49. The molecule has 2 aromatic carbocycles. The second kappa shape index (κ2) is 8.27. The average molecular weight is 508 g/mol. The molecule has 4 heterocycles. The average Bonchev–Trinajstić information content (AvgIpc) is 3.27. The van der Waals surface area contributed by atoms with Crippen LogP contribution in [-0.2, 0) is 27.3 Å². The lowest BCUT2D eigenvalue weighted by molar-refractivity contribution is -0.153. The van der Waals surface area contributed by atoms with Crippen LogP contribution in [0.4, 0.5) is 20.7 Å². The number of halogens is 1. The largest absolute Gasteiger partial charge is 0.372 e. The maximum Gasteiger partial charge on any atom is 0.328 e. The first kappa shape index (κ1) is 23.4. The van der Waals surface area contributed by atoms with Crippen molar-refractivity contribution in [2.45, 2.75) is 45.1 Å². The molecule has 3 aliphatic rings. The van der Waals surface area contributed by atoms with Gasteiger partial charge in [0.05, 0.1) is 29.3 Å². The number of morpholine rings is 1. The van der Waals surface area contributed by atoms with E-state index in [0.29, 0.717) is 23.3 Å². The number of carbonyl (C=O) groups is 3. The lowest BCUT2D eigenvalue weighted by Crippen LogP contribution is -2.75. The van der Waals surface area contributed by atoms with Crippen molar-refractivity contribution >= 4 is 40.3 Å². The number of hydrogen-bond acceptors (Lipinski definition) is 8. The van der Waals surface area contributed by atoms with E-state index < -0.39 is 41.2 Å². The van der Waals surface area contributed by atoms with Gasteiger partial charge in [-0.2, -0.15) is 0 Å². The van der Waals surface area contributed by atoms with E-state index in [1.807, 2.05) is 49.2 Å². The van der Waals surface area contributed by atoms with Crippen molar-refractivity contribution in [3.8, 4) is 0 Å². The molecule has 3 atom stereocenters. The van der Waals surface area contributed by atoms with Gasteiger partial charge in [-0.3, -0.25) is 20.2 Å². The highest BCUT2D eigenvalue weighted by atomic mass is 19.1. The summed E-state index contributed by atoms with van der Waals surface area (Å²) >= 11 is 0. The van der Waals surface area contributed by atoms with Crippen molar-refractivity contribution in [1.29, 1.82) is 0 Å². The van der Waals surface area contributed by atoms with Crippen LogP contribution < -0.4 is 20.4 Å². The van der Waals surface area contributed by atoms with Gasteiger partial charge in [-0.1, -0.05) is 35.5 Å². The number of urea groups is 1. The number of aromatic nitrogens is 1. The van der Waals surface area contributed by atoms with Gasteiger partial charge in [0.1, 0.15) is 0 Å². The topological polar surface area (TPSA) is 117 Å². The first-order chi connectivity index (χ1) is 17.7. The molecular weight excluding hydrogens is 481 g/mol. The number of carbonyl (C=O) groups excluding carboxylic acids is 3. The number of benzene rings is 2. The SMILES string of the molecule is CC1CN2c3c(cc4c(N(C)Cc5ccccc5)noc4c3F)CC3(C(=O)NC(=O)NC3=O)C2C(C)O1. The number of anilines is 2. The monoisotopic (exact) mass is 507 g/mol. The zero-order valence-electron chi connectivity index (χ0n) is 20.6. The lowest BCUT2D eigenvalue weighted by atomic mass is 9.66. The number of amides is 4. The smallest absolute Gasteiger partial charge is 0.328 e. The minimum atomic E-state index is -1.69. The Morgan fingerprint density at radius 1 is 1.16 bits per heavy atom. The van der Waals surface area contributed by atoms with Crippen LogP contribution >= 0.6 is 0 Å². The normalized spacial score (nSPS) is 24.5. The molecule has 0 bridgehead atoms. The molecule has 3 aliphatic heterocycles. The Morgan fingerprint density at radius 2 is 1.86 bits per heavy atom. The van der Waals surface area contributed by atoms with E-state index in [0.717, 1.165) is 5.56 Å². The fraction of sp³-hybridized carbons (Fsp3) is 0.385. The summed E-state index contributed by atoms with van der Waals surface area (Å²) in [4.78, 5) is 42.2. The van der Waals surface area contributed by atoms with Gasteiger partial charge in [-0.25, -0.2) is 9.18 Å². The molecule has 37 heavy (non-hydrogen) atoms. The number of barbiturate groups is 1. The van der Waals surface area contributed by atoms with Crippen molar-refractivity contribution in [2.24, 2.45) is 5.41 Å². The summed E-state index contributed by atoms with van der Waals surface area (Å²) in [5.41, 5.74) is 0.0741. The van der Waals surface area contributed by atoms with Gasteiger partial charge in [0.25, 0.3) is 0 Å². The zero-order valence-corrected chi connectivity index (χ0v) is 20.6. The van der Waals surface area contributed by atoms with Crippen molar-refractivity contribution in [2.75, 3.05) is 23.4 Å². The van der Waals surface area contributed by atoms with Gasteiger partial charge < -0.3 is 19.1 Å². The van der Waals surface area contributed by atoms with E-state index in [1.165, 1.54) is 0 Å². The minimum Gasteiger partial charge on any atom is -0.372 e. The van der Waals surface area contributed by atoms with Gasteiger partial charge in [0.2, 0.25) is 17.4 Å². The molecule has 3 aromatic rings. The van der Waals surface area contributed by atoms with E-state index in [4.69, 9.17) is 9.26 Å². The summed E-state index contributed by atoms with van der Waals surface area (Å²) < 4.78 is 27.7. The molecule has 2 saturated heterocycles. The van der Waals surface area contributed by atoms with E-state index in [1.54, 1.807) is 17.9 Å². The fourth-order valence-corrected chi connectivity index (χ4v) is 6.14. The van der Waals surface area contributed by atoms with Gasteiger partial charge in [-0.15, -0.1) is 0 Å². The molecule has 192 valence electrons. The summed E-state index contributed by atoms with van der Waals surface area (Å²) in [5, 5.41) is 9.09. The number of nitrogens with one attached hydrogen (secondary N) is 2. The molecule has 0 radical (unpaired) electrons. The van der Waals surface area contributed by atoms with Crippen LogP contribution in [-0.4, -0.2) is 54.8 Å². The first-order valence-corrected chi connectivity index (χ1v) is 12.2. The summed E-state index contributed by atoms with van der Waals surface area (Å²) in [5.74, 6) is -1.61. The maximum atomic E-state index is 16.2. The van der Waals surface area contributed by atoms with Crippen LogP contribution in [0.1, 0.15) is 25.0 Å². The second-order valence-corrected chi connectivity index (χ2v) is 10.1. The number of imide groups is 2. The lowest BCUT2D eigenvalue weighted by Gasteiger charge is -2.55. The Labute approximate surface area is 211 Å². The summed E-state index contributed by atoms with van der Waals surface area (Å²) in [7, 11) is 1.83. The highest BCUT2D eigenvalue weighted by Crippen LogP contribution is 2.49. The number of ether oxygens (including phenoxy) is 1. The Morgan fingerprint density at radius 3 is 2.57 bits per heavy atom. The summed E-state index contributed by atoms with van der Waals surface area (Å²) in [6.45, 7) is 4.35. The zero-order chi connectivity index (χ0) is 26.1. The standard InChI is InChI=1S/C26H26FN5O5/c1-13-11-32-19-16(10-26(21(32)14(2)36-13)23(33)28-25(35)29-24(26)34)9-17-20(18(19)27)37-30-22(17)31(3)12-15-7-5-4-6-8-15/h4-9,13-14,21H,10-12H2,1-3H3,(H2,28,29,33,34,35). The fourth-order valence-electron chi connectivity index (χ4n) is 6.14. The molecule has 2 N–H and O–H groups in total. The number of fused-ring (bicyclic) bond motifs is 5. The Hall–Kier alpha value is -3.99. The second-order valence-electron chi connectivity index (χ2n) is 10.1. The Kier molecular flexibility index (Phi) is 5.23. The molecule has 1 aromatic heterocycles. The van der Waals surface area contributed by atoms with Crippen LogP contribution in [0, 0.1) is 11.2 Å². The first-order valence-electron chi connectivity index (χ1n) is 12.2. The van der Waals surface area contributed by atoms with Crippen molar-refractivity contribution in [3.05, 3.63) is 53.3 Å². The van der Waals surface area contributed by atoms with Gasteiger partial charge in [0.15, 0.2) is 17.1 Å². The molecule has 2 fully saturated rings. The summed E-state index contributed by atoms with van der Waals surface area (Å²) in [6.07, 6.45) is -1.00. The molecule has 4 amide bonds. The Balaban J connectivity index is 1.51. The van der Waals surface area contributed by atoms with Crippen LogP contribution in [0.25, 0.3) is 11.0 Å². The van der Waals surface area contributed by atoms with Crippen LogP contribution in [0.5, 0.6) is 0 Å². The van der Waals surface area contributed by atoms with E-state index >= 15 is 4.39 Å². The Bertz CT molecular complexity index is 1420. The maximum absolute atomic E-state index is 16.2. The molecule has 0 saturated carbocycles. The van der Waals surface area contributed by atoms with E-state index in [-0.39, 0.29) is 30.3 Å². The minimum absolute atomic E-state index is 0.00267. The molecule has 3 unspecified atom stereocenters. The number of hydrogen-bond donors (Lipinski definition) is 2. The van der Waals surface area contributed by atoms with Crippen LogP contribution in [0.15, 0.2) is 40.9 Å². The number of nitrogens with zero attached hydrogens (tertiary/aromatic N) is 3. The van der Waals surface area contributed by atoms with Gasteiger partial charge in [-0.05, 0) is 31.0 Å². The molecular formula is C26H26FN5O5. The molecule has 0 aliphatic carbocycles. The molecule has 10 nitrogen and oxygen atoms in total. The molecule has 11 heteroatoms. The third-order valence-electron chi connectivity index (χ3n) is 7.57. The van der Waals surface area contributed by atoms with Crippen LogP contribution in [0.2, 0.25) is 0 Å². The highest BCUT2D eigenvalue weighted by molar-refractivity contribution is 6.20. The van der Waals surface area contributed by atoms with Crippen molar-refractivity contribution in [3.63, 3.8) is 0 Å². The van der Waals surface area contributed by atoms with Crippen molar-refractivity contribution in [1.82, 2.24) is 15.8 Å².